The number of hydrogen-bond acceptors (Lipinski definition) is 5. The number of benzene rings is 1. The largest absolute Gasteiger partial charge is 0.494 e. The van der Waals surface area contributed by atoms with Crippen molar-refractivity contribution >= 4 is 16.7 Å². The van der Waals surface area contributed by atoms with Gasteiger partial charge >= 0.3 is 0 Å². The van der Waals surface area contributed by atoms with Crippen LogP contribution in [0.5, 0.6) is 5.75 Å². The van der Waals surface area contributed by atoms with Crippen LogP contribution >= 0.6 is 0 Å². The number of likely N-dealkylation sites (N-methyl/N-ethyl adjacent to an activating group) is 1. The van der Waals surface area contributed by atoms with E-state index in [-0.39, 0.29) is 0 Å². The Balaban J connectivity index is 1.94. The fraction of sp³-hybridized carbons (Fsp3) is 0.600. The van der Waals surface area contributed by atoms with E-state index in [0.717, 1.165) is 61.7 Å². The van der Waals surface area contributed by atoms with Crippen LogP contribution in [-0.2, 0) is 0 Å². The number of unbranched alkanes of at least 4 members (excludes halogenated alkanes) is 3. The minimum atomic E-state index is 0.769. The van der Waals surface area contributed by atoms with Gasteiger partial charge in [0.05, 0.1) is 12.1 Å². The van der Waals surface area contributed by atoms with Crippen LogP contribution in [0.2, 0.25) is 0 Å². The SMILES string of the molecule is CCCCCCOc1ccc2c(NCCN(CC)CC)ncnc2c1. The molecule has 5 nitrogen and oxygen atoms in total. The molecule has 0 radical (unpaired) electrons. The molecule has 1 heterocycles. The molecule has 0 aliphatic rings. The van der Waals surface area contributed by atoms with Gasteiger partial charge in [-0.25, -0.2) is 9.97 Å². The fourth-order valence-corrected chi connectivity index (χ4v) is 2.86. The zero-order valence-corrected chi connectivity index (χ0v) is 15.9. The van der Waals surface area contributed by atoms with Gasteiger partial charge in [-0.05, 0) is 31.6 Å². The highest BCUT2D eigenvalue weighted by atomic mass is 16.5. The van der Waals surface area contributed by atoms with Crippen molar-refractivity contribution in [1.82, 2.24) is 14.9 Å². The Labute approximate surface area is 151 Å². The average molecular weight is 345 g/mol. The van der Waals surface area contributed by atoms with Crippen molar-refractivity contribution in [3.8, 4) is 5.75 Å². The topological polar surface area (TPSA) is 50.3 Å². The number of anilines is 1. The molecule has 0 spiro atoms. The lowest BCUT2D eigenvalue weighted by Crippen LogP contribution is -2.28. The summed E-state index contributed by atoms with van der Waals surface area (Å²) in [5.41, 5.74) is 0.923. The van der Waals surface area contributed by atoms with Gasteiger partial charge in [-0.3, -0.25) is 0 Å². The lowest BCUT2D eigenvalue weighted by Gasteiger charge is -2.18. The van der Waals surface area contributed by atoms with E-state index >= 15 is 0 Å². The number of hydrogen-bond donors (Lipinski definition) is 1. The van der Waals surface area contributed by atoms with Gasteiger partial charge < -0.3 is 15.0 Å². The first-order chi connectivity index (χ1) is 12.3. The van der Waals surface area contributed by atoms with Crippen LogP contribution in [0.1, 0.15) is 46.5 Å². The molecule has 0 fully saturated rings. The lowest BCUT2D eigenvalue weighted by atomic mass is 10.2. The van der Waals surface area contributed by atoms with Crippen LogP contribution in [0.4, 0.5) is 5.82 Å². The van der Waals surface area contributed by atoms with E-state index in [2.05, 4.69) is 47.0 Å². The molecule has 1 aromatic carbocycles. The molecule has 0 saturated carbocycles. The molecule has 5 heteroatoms. The Bertz CT molecular complexity index is 628. The van der Waals surface area contributed by atoms with Crippen LogP contribution < -0.4 is 10.1 Å². The maximum absolute atomic E-state index is 5.85. The van der Waals surface area contributed by atoms with Crippen LogP contribution in [0.25, 0.3) is 10.9 Å². The molecule has 1 aromatic heterocycles. The number of ether oxygens (including phenoxy) is 1. The van der Waals surface area contributed by atoms with Crippen molar-refractivity contribution in [3.63, 3.8) is 0 Å². The number of rotatable bonds is 12. The maximum Gasteiger partial charge on any atom is 0.137 e. The summed E-state index contributed by atoms with van der Waals surface area (Å²) in [6.07, 6.45) is 6.47. The Kier molecular flexibility index (Phi) is 8.46. The fourth-order valence-electron chi connectivity index (χ4n) is 2.86. The molecule has 25 heavy (non-hydrogen) atoms. The molecular formula is C20H32N4O. The highest BCUT2D eigenvalue weighted by molar-refractivity contribution is 5.89. The van der Waals surface area contributed by atoms with Crippen LogP contribution in [0, 0.1) is 0 Å². The predicted octanol–water partition coefficient (Wildman–Crippen LogP) is 4.34. The molecule has 0 aliphatic carbocycles. The van der Waals surface area contributed by atoms with Crippen LogP contribution in [0.3, 0.4) is 0 Å². The predicted molar refractivity (Wildman–Crippen MR) is 105 cm³/mol. The summed E-state index contributed by atoms with van der Waals surface area (Å²) in [6, 6.07) is 6.07. The van der Waals surface area contributed by atoms with Crippen LogP contribution in [0.15, 0.2) is 24.5 Å². The Morgan fingerprint density at radius 1 is 1.04 bits per heavy atom. The molecule has 0 aliphatic heterocycles. The summed E-state index contributed by atoms with van der Waals surface area (Å²) in [5, 5.41) is 4.48. The molecule has 1 N–H and O–H groups in total. The van der Waals surface area contributed by atoms with Crippen molar-refractivity contribution in [2.45, 2.75) is 46.5 Å². The van der Waals surface area contributed by atoms with Gasteiger partial charge in [0.1, 0.15) is 17.9 Å². The molecule has 2 rings (SSSR count). The first-order valence-corrected chi connectivity index (χ1v) is 9.62. The first-order valence-electron chi connectivity index (χ1n) is 9.62. The van der Waals surface area contributed by atoms with Gasteiger partial charge in [0.2, 0.25) is 0 Å². The zero-order chi connectivity index (χ0) is 17.9. The second-order valence-corrected chi connectivity index (χ2v) is 6.26. The quantitative estimate of drug-likeness (QED) is 0.580. The van der Waals surface area contributed by atoms with E-state index < -0.39 is 0 Å². The number of nitrogens with one attached hydrogen (secondary N) is 1. The monoisotopic (exact) mass is 344 g/mol. The minimum Gasteiger partial charge on any atom is -0.494 e. The second-order valence-electron chi connectivity index (χ2n) is 6.26. The molecule has 0 unspecified atom stereocenters. The highest BCUT2D eigenvalue weighted by Gasteiger charge is 2.06. The second kappa shape index (κ2) is 10.9. The average Bonchev–Trinajstić information content (AvgIpc) is 2.65. The Hall–Kier alpha value is -1.88. The highest BCUT2D eigenvalue weighted by Crippen LogP contribution is 2.24. The molecule has 2 aromatic rings. The summed E-state index contributed by atoms with van der Waals surface area (Å²) in [7, 11) is 0. The van der Waals surface area contributed by atoms with Gasteiger partial charge in [-0.2, -0.15) is 0 Å². The summed E-state index contributed by atoms with van der Waals surface area (Å²) in [5.74, 6) is 1.78. The van der Waals surface area contributed by atoms with E-state index in [1.807, 2.05) is 12.1 Å². The smallest absolute Gasteiger partial charge is 0.137 e. The van der Waals surface area contributed by atoms with E-state index in [4.69, 9.17) is 4.74 Å². The number of nitrogens with zero attached hydrogens (tertiary/aromatic N) is 3. The van der Waals surface area contributed by atoms with Crippen molar-refractivity contribution in [3.05, 3.63) is 24.5 Å². The van der Waals surface area contributed by atoms with Crippen molar-refractivity contribution < 1.29 is 4.74 Å². The zero-order valence-electron chi connectivity index (χ0n) is 15.9. The standard InChI is InChI=1S/C20H32N4O/c1-4-7-8-9-14-25-17-10-11-18-19(15-17)22-16-23-20(18)21-12-13-24(5-2)6-3/h10-11,15-16H,4-9,12-14H2,1-3H3,(H,21,22,23). The summed E-state index contributed by atoms with van der Waals surface area (Å²) in [4.78, 5) is 11.2. The van der Waals surface area contributed by atoms with Gasteiger partial charge in [0, 0.05) is 24.5 Å². The minimum absolute atomic E-state index is 0.769. The first kappa shape index (κ1) is 19.4. The third kappa shape index (κ3) is 6.16. The Morgan fingerprint density at radius 2 is 1.88 bits per heavy atom. The van der Waals surface area contributed by atoms with Crippen molar-refractivity contribution in [1.29, 1.82) is 0 Å². The molecule has 0 atom stereocenters. The summed E-state index contributed by atoms with van der Waals surface area (Å²) < 4.78 is 5.85. The molecule has 0 saturated heterocycles. The van der Waals surface area contributed by atoms with Gasteiger partial charge in [-0.15, -0.1) is 0 Å². The third-order valence-corrected chi connectivity index (χ3v) is 4.49. The van der Waals surface area contributed by atoms with E-state index in [0.29, 0.717) is 0 Å². The molecule has 0 amide bonds. The van der Waals surface area contributed by atoms with Gasteiger partial charge in [0.25, 0.3) is 0 Å². The van der Waals surface area contributed by atoms with E-state index in [9.17, 15) is 0 Å². The van der Waals surface area contributed by atoms with Gasteiger partial charge in [-0.1, -0.05) is 40.0 Å². The van der Waals surface area contributed by atoms with Crippen molar-refractivity contribution in [2.24, 2.45) is 0 Å². The number of aromatic nitrogens is 2. The van der Waals surface area contributed by atoms with E-state index in [1.54, 1.807) is 6.33 Å². The normalized spacial score (nSPS) is 11.2. The molecule has 0 bridgehead atoms. The molecule has 138 valence electrons. The van der Waals surface area contributed by atoms with Crippen molar-refractivity contribution in [2.75, 3.05) is 38.1 Å². The van der Waals surface area contributed by atoms with Crippen LogP contribution in [-0.4, -0.2) is 47.7 Å². The maximum atomic E-state index is 5.85. The Morgan fingerprint density at radius 3 is 2.64 bits per heavy atom. The lowest BCUT2D eigenvalue weighted by molar-refractivity contribution is 0.305. The number of fused-ring (bicyclic) bond motifs is 1. The third-order valence-electron chi connectivity index (χ3n) is 4.49. The summed E-state index contributed by atoms with van der Waals surface area (Å²) in [6.45, 7) is 11.4. The van der Waals surface area contributed by atoms with Gasteiger partial charge in [0.15, 0.2) is 0 Å². The van der Waals surface area contributed by atoms with E-state index in [1.165, 1.54) is 19.3 Å². The molecular weight excluding hydrogens is 312 g/mol. The summed E-state index contributed by atoms with van der Waals surface area (Å²) >= 11 is 0.